The molecule has 0 spiro atoms. The van der Waals surface area contributed by atoms with Crippen molar-refractivity contribution in [1.82, 2.24) is 0 Å². The molecule has 0 bridgehead atoms. The Bertz CT molecular complexity index is 538. The van der Waals surface area contributed by atoms with Gasteiger partial charge in [0, 0.05) is 0 Å². The molecule has 0 aromatic carbocycles. The molecule has 0 unspecified atom stereocenters. The number of carboxylic acids is 1. The number of carboxylic acid groups (broad SMARTS) is 1. The molecule has 0 radical (unpaired) electrons. The third-order valence-electron chi connectivity index (χ3n) is 6.88. The zero-order chi connectivity index (χ0) is 18.1. The molecule has 0 aliphatic heterocycles. The molecule has 3 N–H and O–H groups in total. The predicted octanol–water partition coefficient (Wildman–Crippen LogP) is 3.54. The molecule has 0 heterocycles. The number of rotatable bonds is 5. The van der Waals surface area contributed by atoms with E-state index in [0.29, 0.717) is 0 Å². The minimum absolute atomic E-state index is 0.0678. The summed E-state index contributed by atoms with van der Waals surface area (Å²) in [4.78, 5) is 12.0. The first-order valence-electron chi connectivity index (χ1n) is 9.03. The minimum atomic E-state index is -0.818. The Balaban J connectivity index is 2.30. The van der Waals surface area contributed by atoms with Crippen molar-refractivity contribution in [2.24, 2.45) is 22.7 Å². The molecule has 2 fully saturated rings. The number of fused-ring (bicyclic) bond motifs is 1. The Morgan fingerprint density at radius 1 is 1.42 bits per heavy atom. The van der Waals surface area contributed by atoms with E-state index in [9.17, 15) is 15.0 Å². The van der Waals surface area contributed by atoms with Gasteiger partial charge < -0.3 is 15.3 Å². The van der Waals surface area contributed by atoms with Crippen molar-refractivity contribution in [3.63, 3.8) is 0 Å². The highest BCUT2D eigenvalue weighted by Gasteiger charge is 2.57. The fourth-order valence-electron chi connectivity index (χ4n) is 5.22. The smallest absolute Gasteiger partial charge is 0.309 e. The van der Waals surface area contributed by atoms with Crippen molar-refractivity contribution in [1.29, 1.82) is 0 Å². The maximum absolute atomic E-state index is 12.0. The van der Waals surface area contributed by atoms with Crippen LogP contribution >= 0.6 is 0 Å². The van der Waals surface area contributed by atoms with E-state index in [1.54, 1.807) is 0 Å². The van der Waals surface area contributed by atoms with E-state index in [1.165, 1.54) is 5.57 Å². The van der Waals surface area contributed by atoms with Gasteiger partial charge in [0.25, 0.3) is 0 Å². The minimum Gasteiger partial charge on any atom is -0.481 e. The van der Waals surface area contributed by atoms with Gasteiger partial charge in [-0.05, 0) is 68.8 Å². The molecule has 2 saturated carbocycles. The number of hydrogen-bond acceptors (Lipinski definition) is 3. The van der Waals surface area contributed by atoms with Gasteiger partial charge in [-0.15, -0.1) is 0 Å². The van der Waals surface area contributed by atoms with Gasteiger partial charge in [-0.1, -0.05) is 31.6 Å². The van der Waals surface area contributed by atoms with E-state index in [0.717, 1.165) is 44.1 Å². The standard InChI is InChI=1S/C20H32O4/c1-13-7-9-17-19(3,10-5-11-20(17,4)18(23)24)15(13)8-6-14(2)16(22)12-21/h6,15-17,21-22H,1,5,7-12H2,2-4H3,(H,23,24)/b14-6+/t15-,16-,17+,19-,20-/m0/s1. The lowest BCUT2D eigenvalue weighted by atomic mass is 9.46. The van der Waals surface area contributed by atoms with Gasteiger partial charge in [-0.2, -0.15) is 0 Å². The van der Waals surface area contributed by atoms with Gasteiger partial charge >= 0.3 is 5.97 Å². The molecule has 5 atom stereocenters. The summed E-state index contributed by atoms with van der Waals surface area (Å²) in [6.45, 7) is 9.98. The normalized spacial score (nSPS) is 38.5. The third-order valence-corrected chi connectivity index (χ3v) is 6.88. The number of aliphatic carboxylic acids is 1. The number of allylic oxidation sites excluding steroid dienone is 2. The van der Waals surface area contributed by atoms with Gasteiger partial charge in [-0.3, -0.25) is 4.79 Å². The lowest BCUT2D eigenvalue weighted by Crippen LogP contribution is -2.53. The van der Waals surface area contributed by atoms with E-state index in [2.05, 4.69) is 13.5 Å². The maximum Gasteiger partial charge on any atom is 0.309 e. The van der Waals surface area contributed by atoms with E-state index in [-0.39, 0.29) is 23.9 Å². The second-order valence-electron chi connectivity index (χ2n) is 8.27. The van der Waals surface area contributed by atoms with Crippen LogP contribution in [0.25, 0.3) is 0 Å². The molecular formula is C20H32O4. The molecule has 4 heteroatoms. The molecule has 0 amide bonds. The highest BCUT2D eigenvalue weighted by Crippen LogP contribution is 2.61. The van der Waals surface area contributed by atoms with Crippen LogP contribution in [-0.4, -0.2) is 34.0 Å². The Morgan fingerprint density at radius 2 is 2.08 bits per heavy atom. The molecular weight excluding hydrogens is 304 g/mol. The van der Waals surface area contributed by atoms with E-state index >= 15 is 0 Å². The van der Waals surface area contributed by atoms with Crippen molar-refractivity contribution in [2.75, 3.05) is 6.61 Å². The lowest BCUT2D eigenvalue weighted by Gasteiger charge is -2.57. The van der Waals surface area contributed by atoms with Crippen molar-refractivity contribution in [2.45, 2.75) is 65.4 Å². The Morgan fingerprint density at radius 3 is 2.67 bits per heavy atom. The average Bonchev–Trinajstić information content (AvgIpc) is 2.52. The van der Waals surface area contributed by atoms with Crippen LogP contribution in [0.2, 0.25) is 0 Å². The molecule has 24 heavy (non-hydrogen) atoms. The fraction of sp³-hybridized carbons (Fsp3) is 0.750. The molecule has 0 saturated heterocycles. The van der Waals surface area contributed by atoms with E-state index in [4.69, 9.17) is 5.11 Å². The largest absolute Gasteiger partial charge is 0.481 e. The molecule has 2 aliphatic carbocycles. The molecule has 2 aliphatic rings. The van der Waals surface area contributed by atoms with Crippen LogP contribution in [0, 0.1) is 22.7 Å². The fourth-order valence-corrected chi connectivity index (χ4v) is 5.22. The molecule has 0 aromatic heterocycles. The van der Waals surface area contributed by atoms with Crippen LogP contribution in [0.15, 0.2) is 23.8 Å². The maximum atomic E-state index is 12.0. The number of hydrogen-bond donors (Lipinski definition) is 3. The summed E-state index contributed by atoms with van der Waals surface area (Å²) in [5.41, 5.74) is 1.25. The van der Waals surface area contributed by atoms with Crippen LogP contribution in [0.1, 0.15) is 59.3 Å². The highest BCUT2D eigenvalue weighted by molar-refractivity contribution is 5.75. The summed E-state index contributed by atoms with van der Waals surface area (Å²) in [7, 11) is 0. The number of carbonyl (C=O) groups is 1. The quantitative estimate of drug-likeness (QED) is 0.671. The van der Waals surface area contributed by atoms with Gasteiger partial charge in [-0.25, -0.2) is 0 Å². The summed E-state index contributed by atoms with van der Waals surface area (Å²) >= 11 is 0. The SMILES string of the molecule is C=C1CC[C@@H]2[C@@](C)(CCC[C@]2(C)C(=O)O)[C@H]1C/C=C(\C)[C@@H](O)CO. The van der Waals surface area contributed by atoms with Crippen molar-refractivity contribution < 1.29 is 20.1 Å². The average molecular weight is 336 g/mol. The summed E-state index contributed by atoms with van der Waals surface area (Å²) in [5, 5.41) is 28.7. The summed E-state index contributed by atoms with van der Waals surface area (Å²) in [5.74, 6) is -0.286. The monoisotopic (exact) mass is 336 g/mol. The first-order valence-corrected chi connectivity index (χ1v) is 9.03. The lowest BCUT2D eigenvalue weighted by molar-refractivity contribution is -0.164. The van der Waals surface area contributed by atoms with Crippen LogP contribution in [0.5, 0.6) is 0 Å². The zero-order valence-electron chi connectivity index (χ0n) is 15.2. The van der Waals surface area contributed by atoms with Crippen LogP contribution in [0.4, 0.5) is 0 Å². The second-order valence-corrected chi connectivity index (χ2v) is 8.27. The molecule has 4 nitrogen and oxygen atoms in total. The van der Waals surface area contributed by atoms with Crippen molar-refractivity contribution >= 4 is 5.97 Å². The number of aliphatic hydroxyl groups is 2. The van der Waals surface area contributed by atoms with Crippen LogP contribution < -0.4 is 0 Å². The Kier molecular flexibility index (Phi) is 5.61. The second kappa shape index (κ2) is 7.01. The van der Waals surface area contributed by atoms with Gasteiger partial charge in [0.15, 0.2) is 0 Å². The predicted molar refractivity (Wildman–Crippen MR) is 94.5 cm³/mol. The zero-order valence-corrected chi connectivity index (χ0v) is 15.2. The Hall–Kier alpha value is -1.13. The molecule has 0 aromatic rings. The van der Waals surface area contributed by atoms with Crippen molar-refractivity contribution in [3.05, 3.63) is 23.8 Å². The van der Waals surface area contributed by atoms with Gasteiger partial charge in [0.1, 0.15) is 0 Å². The summed E-state index contributed by atoms with van der Waals surface area (Å²) in [6.07, 6.45) is 6.42. The van der Waals surface area contributed by atoms with Crippen molar-refractivity contribution in [3.8, 4) is 0 Å². The first-order chi connectivity index (χ1) is 11.2. The summed E-state index contributed by atoms with van der Waals surface area (Å²) in [6, 6.07) is 0. The first kappa shape index (κ1) is 19.2. The molecule has 2 rings (SSSR count). The third kappa shape index (κ3) is 3.18. The van der Waals surface area contributed by atoms with Crippen LogP contribution in [-0.2, 0) is 4.79 Å². The van der Waals surface area contributed by atoms with Gasteiger partial charge in [0.2, 0.25) is 0 Å². The van der Waals surface area contributed by atoms with Crippen LogP contribution in [0.3, 0.4) is 0 Å². The molecule has 136 valence electrons. The van der Waals surface area contributed by atoms with E-state index < -0.39 is 17.5 Å². The summed E-state index contributed by atoms with van der Waals surface area (Å²) < 4.78 is 0. The van der Waals surface area contributed by atoms with Gasteiger partial charge in [0.05, 0.1) is 18.1 Å². The Labute approximate surface area is 145 Å². The topological polar surface area (TPSA) is 77.8 Å². The number of aliphatic hydroxyl groups excluding tert-OH is 2. The van der Waals surface area contributed by atoms with E-state index in [1.807, 2.05) is 19.9 Å². The highest BCUT2D eigenvalue weighted by atomic mass is 16.4.